The predicted octanol–water partition coefficient (Wildman–Crippen LogP) is 6.58. The van der Waals surface area contributed by atoms with Crippen LogP contribution in [0.15, 0.2) is 104 Å². The lowest BCUT2D eigenvalue weighted by molar-refractivity contribution is 0.0924. The third-order valence-electron chi connectivity index (χ3n) is 5.15. The number of hydrogen-bond donors (Lipinski definition) is 0. The van der Waals surface area contributed by atoms with E-state index in [0.717, 1.165) is 24.0 Å². The normalized spacial score (nSPS) is 11.5. The SMILES string of the molecule is C=CCC(CCN(Cc1ccccc1)C(=O)OCc1ccccc1)c1ccccc1. The molecule has 0 spiro atoms. The van der Waals surface area contributed by atoms with Crippen LogP contribution in [-0.2, 0) is 17.9 Å². The molecule has 30 heavy (non-hydrogen) atoms. The smallest absolute Gasteiger partial charge is 0.410 e. The molecule has 0 aliphatic rings. The van der Waals surface area contributed by atoms with E-state index < -0.39 is 0 Å². The third-order valence-corrected chi connectivity index (χ3v) is 5.15. The summed E-state index contributed by atoms with van der Waals surface area (Å²) < 4.78 is 5.63. The average Bonchev–Trinajstić information content (AvgIpc) is 2.81. The number of amides is 1. The first-order valence-corrected chi connectivity index (χ1v) is 10.4. The molecule has 0 N–H and O–H groups in total. The van der Waals surface area contributed by atoms with E-state index in [0.29, 0.717) is 19.0 Å². The van der Waals surface area contributed by atoms with E-state index in [1.165, 1.54) is 5.56 Å². The van der Waals surface area contributed by atoms with Gasteiger partial charge in [-0.15, -0.1) is 6.58 Å². The average molecular weight is 400 g/mol. The van der Waals surface area contributed by atoms with E-state index in [-0.39, 0.29) is 12.7 Å². The minimum absolute atomic E-state index is 0.278. The van der Waals surface area contributed by atoms with Crippen LogP contribution in [0.4, 0.5) is 4.79 Å². The molecule has 3 nitrogen and oxygen atoms in total. The first-order chi connectivity index (χ1) is 14.8. The summed E-state index contributed by atoms with van der Waals surface area (Å²) in [5.74, 6) is 0.323. The molecule has 3 heteroatoms. The van der Waals surface area contributed by atoms with Crippen LogP contribution in [0.5, 0.6) is 0 Å². The van der Waals surface area contributed by atoms with Crippen LogP contribution < -0.4 is 0 Å². The molecule has 0 aliphatic carbocycles. The van der Waals surface area contributed by atoms with Gasteiger partial charge in [0, 0.05) is 13.1 Å². The molecule has 0 saturated heterocycles. The summed E-state index contributed by atoms with van der Waals surface area (Å²) in [4.78, 5) is 14.7. The predicted molar refractivity (Wildman–Crippen MR) is 122 cm³/mol. The van der Waals surface area contributed by atoms with E-state index in [9.17, 15) is 4.79 Å². The fourth-order valence-electron chi connectivity index (χ4n) is 3.51. The molecule has 1 amide bonds. The van der Waals surface area contributed by atoms with Crippen molar-refractivity contribution in [1.29, 1.82) is 0 Å². The fourth-order valence-corrected chi connectivity index (χ4v) is 3.51. The highest BCUT2D eigenvalue weighted by atomic mass is 16.6. The Balaban J connectivity index is 1.68. The van der Waals surface area contributed by atoms with Gasteiger partial charge in [0.05, 0.1) is 0 Å². The Morgan fingerprint density at radius 2 is 1.43 bits per heavy atom. The standard InChI is InChI=1S/C27H29NO2/c1-2-12-25(26-17-10-5-11-18-26)19-20-28(21-23-13-6-3-7-14-23)27(29)30-22-24-15-8-4-9-16-24/h2-11,13-18,25H,1,12,19-22H2. The molecule has 154 valence electrons. The number of allylic oxidation sites excluding steroid dienone is 1. The number of nitrogens with zero attached hydrogens (tertiary/aromatic N) is 1. The number of carbonyl (C=O) groups is 1. The van der Waals surface area contributed by atoms with Crippen molar-refractivity contribution in [3.05, 3.63) is 120 Å². The highest BCUT2D eigenvalue weighted by Crippen LogP contribution is 2.24. The van der Waals surface area contributed by atoms with Gasteiger partial charge in [-0.25, -0.2) is 4.79 Å². The molecule has 0 heterocycles. The number of hydrogen-bond acceptors (Lipinski definition) is 2. The summed E-state index contributed by atoms with van der Waals surface area (Å²) in [6.07, 6.45) is 3.39. The van der Waals surface area contributed by atoms with Crippen LogP contribution in [0.3, 0.4) is 0 Å². The first-order valence-electron chi connectivity index (χ1n) is 10.4. The Hall–Kier alpha value is -3.33. The molecule has 0 saturated carbocycles. The van der Waals surface area contributed by atoms with Gasteiger partial charge in [0.1, 0.15) is 6.61 Å². The van der Waals surface area contributed by atoms with Crippen LogP contribution in [0, 0.1) is 0 Å². The van der Waals surface area contributed by atoms with Crippen LogP contribution in [0.2, 0.25) is 0 Å². The summed E-state index contributed by atoms with van der Waals surface area (Å²) in [6.45, 7) is 5.34. The van der Waals surface area contributed by atoms with Gasteiger partial charge in [-0.2, -0.15) is 0 Å². The van der Waals surface area contributed by atoms with E-state index in [1.807, 2.05) is 72.8 Å². The molecule has 0 fully saturated rings. The summed E-state index contributed by atoms with van der Waals surface area (Å²) in [5, 5.41) is 0. The third kappa shape index (κ3) is 6.63. The molecule has 1 unspecified atom stereocenters. The highest BCUT2D eigenvalue weighted by Gasteiger charge is 2.19. The van der Waals surface area contributed by atoms with Crippen molar-refractivity contribution in [3.8, 4) is 0 Å². The summed E-state index contributed by atoms with van der Waals surface area (Å²) in [6, 6.07) is 30.2. The topological polar surface area (TPSA) is 29.5 Å². The van der Waals surface area contributed by atoms with Crippen molar-refractivity contribution < 1.29 is 9.53 Å². The molecule has 0 bridgehead atoms. The van der Waals surface area contributed by atoms with Gasteiger partial charge in [-0.3, -0.25) is 0 Å². The molecular weight excluding hydrogens is 370 g/mol. The summed E-state index contributed by atoms with van der Waals surface area (Å²) in [5.41, 5.74) is 3.35. The van der Waals surface area contributed by atoms with E-state index in [1.54, 1.807) is 4.90 Å². The lowest BCUT2D eigenvalue weighted by atomic mass is 9.92. The summed E-state index contributed by atoms with van der Waals surface area (Å²) >= 11 is 0. The molecule has 3 rings (SSSR count). The Kier molecular flexibility index (Phi) is 8.28. The van der Waals surface area contributed by atoms with Crippen molar-refractivity contribution in [2.45, 2.75) is 31.9 Å². The van der Waals surface area contributed by atoms with E-state index >= 15 is 0 Å². The minimum Gasteiger partial charge on any atom is -0.445 e. The van der Waals surface area contributed by atoms with Crippen molar-refractivity contribution in [2.75, 3.05) is 6.54 Å². The van der Waals surface area contributed by atoms with Crippen LogP contribution in [0.1, 0.15) is 35.4 Å². The molecule has 0 aromatic heterocycles. The zero-order valence-corrected chi connectivity index (χ0v) is 17.3. The van der Waals surface area contributed by atoms with Crippen molar-refractivity contribution in [3.63, 3.8) is 0 Å². The van der Waals surface area contributed by atoms with Gasteiger partial charge in [-0.05, 0) is 35.4 Å². The van der Waals surface area contributed by atoms with Gasteiger partial charge in [0.25, 0.3) is 0 Å². The van der Waals surface area contributed by atoms with Crippen molar-refractivity contribution in [2.24, 2.45) is 0 Å². The largest absolute Gasteiger partial charge is 0.445 e. The van der Waals surface area contributed by atoms with E-state index in [2.05, 4.69) is 30.8 Å². The van der Waals surface area contributed by atoms with Crippen molar-refractivity contribution >= 4 is 6.09 Å². The molecule has 0 radical (unpaired) electrons. The zero-order valence-electron chi connectivity index (χ0n) is 17.3. The Morgan fingerprint density at radius 1 is 0.867 bits per heavy atom. The Labute approximate surface area is 179 Å². The van der Waals surface area contributed by atoms with Crippen LogP contribution in [0.25, 0.3) is 0 Å². The number of ether oxygens (including phenoxy) is 1. The van der Waals surface area contributed by atoms with Gasteiger partial charge in [0.2, 0.25) is 0 Å². The first kappa shape index (κ1) is 21.4. The number of benzene rings is 3. The second-order valence-electron chi connectivity index (χ2n) is 7.37. The van der Waals surface area contributed by atoms with Crippen LogP contribution in [-0.4, -0.2) is 17.5 Å². The maximum absolute atomic E-state index is 12.9. The zero-order chi connectivity index (χ0) is 21.0. The molecular formula is C27H29NO2. The second kappa shape index (κ2) is 11.6. The van der Waals surface area contributed by atoms with Gasteiger partial charge < -0.3 is 9.64 Å². The summed E-state index contributed by atoms with van der Waals surface area (Å²) in [7, 11) is 0. The molecule has 3 aromatic rings. The maximum atomic E-state index is 12.9. The van der Waals surface area contributed by atoms with Gasteiger partial charge in [0.15, 0.2) is 0 Å². The minimum atomic E-state index is -0.284. The van der Waals surface area contributed by atoms with Gasteiger partial charge in [-0.1, -0.05) is 97.1 Å². The Morgan fingerprint density at radius 3 is 2.03 bits per heavy atom. The Bertz CT molecular complexity index is 894. The second-order valence-corrected chi connectivity index (χ2v) is 7.37. The van der Waals surface area contributed by atoms with Crippen molar-refractivity contribution in [1.82, 2.24) is 4.90 Å². The molecule has 0 aliphatic heterocycles. The fraction of sp³-hybridized carbons (Fsp3) is 0.222. The maximum Gasteiger partial charge on any atom is 0.410 e. The van der Waals surface area contributed by atoms with Crippen LogP contribution >= 0.6 is 0 Å². The lowest BCUT2D eigenvalue weighted by Crippen LogP contribution is -2.32. The number of carbonyl (C=O) groups excluding carboxylic acids is 1. The highest BCUT2D eigenvalue weighted by molar-refractivity contribution is 5.67. The lowest BCUT2D eigenvalue weighted by Gasteiger charge is -2.25. The van der Waals surface area contributed by atoms with E-state index in [4.69, 9.17) is 4.74 Å². The van der Waals surface area contributed by atoms with Gasteiger partial charge >= 0.3 is 6.09 Å². The monoisotopic (exact) mass is 399 g/mol. The quantitative estimate of drug-likeness (QED) is 0.361. The molecule has 3 aromatic carbocycles. The number of rotatable bonds is 10. The molecule has 1 atom stereocenters.